The molecule has 0 saturated carbocycles. The molecule has 0 fully saturated rings. The van der Waals surface area contributed by atoms with E-state index in [0.717, 1.165) is 30.3 Å². The molecule has 1 rings (SSSR count). The summed E-state index contributed by atoms with van der Waals surface area (Å²) in [6.07, 6.45) is -3.48. The van der Waals surface area contributed by atoms with Crippen LogP contribution in [-0.4, -0.2) is 23.2 Å². The number of benzene rings is 1. The molecule has 0 spiro atoms. The Morgan fingerprint density at radius 2 is 1.89 bits per heavy atom. The molecule has 0 heterocycles. The topological polar surface area (TPSA) is 66.7 Å². The van der Waals surface area contributed by atoms with Gasteiger partial charge in [0.15, 0.2) is 6.04 Å². The number of hydrogen-bond acceptors (Lipinski definition) is 3. The molecule has 0 aliphatic rings. The molecule has 1 aromatic carbocycles. The van der Waals surface area contributed by atoms with Gasteiger partial charge in [0.25, 0.3) is 0 Å². The van der Waals surface area contributed by atoms with Crippen LogP contribution in [0.1, 0.15) is 11.1 Å². The van der Waals surface area contributed by atoms with Crippen molar-refractivity contribution in [3.8, 4) is 0 Å². The van der Waals surface area contributed by atoms with E-state index in [4.69, 9.17) is 5.11 Å². The van der Waals surface area contributed by atoms with Gasteiger partial charge in [0.1, 0.15) is 0 Å². The van der Waals surface area contributed by atoms with Crippen molar-refractivity contribution in [2.45, 2.75) is 18.6 Å². The average Bonchev–Trinajstić information content (AvgIpc) is 2.28. The number of carbonyl (C=O) groups is 1. The highest BCUT2D eigenvalue weighted by molar-refractivity contribution is 5.75. The van der Waals surface area contributed by atoms with E-state index >= 15 is 0 Å². The number of alkyl halides is 3. The van der Waals surface area contributed by atoms with Crippen LogP contribution in [0.2, 0.25) is 0 Å². The number of carboxylic acid groups (broad SMARTS) is 1. The number of carboxylic acids is 1. The highest BCUT2D eigenvalue weighted by Gasteiger charge is 2.30. The Hall–Kier alpha value is -2.14. The second-order valence-corrected chi connectivity index (χ2v) is 3.47. The van der Waals surface area contributed by atoms with Crippen molar-refractivity contribution in [2.24, 2.45) is 4.99 Å². The van der Waals surface area contributed by atoms with Gasteiger partial charge in [-0.3, -0.25) is 0 Å². The zero-order valence-electron chi connectivity index (χ0n) is 8.94. The van der Waals surface area contributed by atoms with Crippen LogP contribution in [0.4, 0.5) is 13.2 Å². The fraction of sp³-hybridized carbons (Fsp3) is 0.273. The van der Waals surface area contributed by atoms with Crippen LogP contribution in [0.15, 0.2) is 29.3 Å². The molecule has 0 aliphatic heterocycles. The lowest BCUT2D eigenvalue weighted by Crippen LogP contribution is -2.20. The highest BCUT2D eigenvalue weighted by Crippen LogP contribution is 2.29. The molecule has 0 amide bonds. The van der Waals surface area contributed by atoms with E-state index in [0.29, 0.717) is 5.56 Å². The van der Waals surface area contributed by atoms with Gasteiger partial charge >= 0.3 is 12.1 Å². The highest BCUT2D eigenvalue weighted by atomic mass is 19.4. The van der Waals surface area contributed by atoms with Crippen molar-refractivity contribution in [3.63, 3.8) is 0 Å². The lowest BCUT2D eigenvalue weighted by Gasteiger charge is -2.09. The number of hydrogen-bond donors (Lipinski definition) is 1. The maximum absolute atomic E-state index is 12.3. The maximum Gasteiger partial charge on any atom is 0.416 e. The molecule has 0 radical (unpaired) electrons. The molecule has 4 nitrogen and oxygen atoms in total. The number of aliphatic imine (C=N–C) groups is 1. The van der Waals surface area contributed by atoms with Gasteiger partial charge in [0.05, 0.1) is 5.56 Å². The molecule has 7 heteroatoms. The summed E-state index contributed by atoms with van der Waals surface area (Å²) in [6.45, 7) is 0. The average molecular weight is 259 g/mol. The van der Waals surface area contributed by atoms with Gasteiger partial charge < -0.3 is 5.11 Å². The standard InChI is InChI=1S/C11H8F3NO3/c12-11(13,14)8-3-1-7(2-4-8)5-9(10(17)18)15-6-16/h1-4,9H,5H2,(H,17,18). The first-order valence-electron chi connectivity index (χ1n) is 4.80. The largest absolute Gasteiger partial charge is 0.480 e. The number of nitrogens with zero attached hydrogens (tertiary/aromatic N) is 1. The SMILES string of the molecule is O=C=NC(Cc1ccc(C(F)(F)F)cc1)C(=O)O. The van der Waals surface area contributed by atoms with Gasteiger partial charge in [0.2, 0.25) is 6.08 Å². The fourth-order valence-electron chi connectivity index (χ4n) is 1.30. The second-order valence-electron chi connectivity index (χ2n) is 3.47. The lowest BCUT2D eigenvalue weighted by atomic mass is 10.0. The minimum atomic E-state index is -4.44. The van der Waals surface area contributed by atoms with Crippen molar-refractivity contribution >= 4 is 12.0 Å². The summed E-state index contributed by atoms with van der Waals surface area (Å²) in [7, 11) is 0. The predicted octanol–water partition coefficient (Wildman–Crippen LogP) is 2.04. The number of carbonyl (C=O) groups excluding carboxylic acids is 1. The summed E-state index contributed by atoms with van der Waals surface area (Å²) >= 11 is 0. The van der Waals surface area contributed by atoms with E-state index in [1.165, 1.54) is 0 Å². The monoisotopic (exact) mass is 259 g/mol. The van der Waals surface area contributed by atoms with Crippen LogP contribution in [0, 0.1) is 0 Å². The Morgan fingerprint density at radius 1 is 1.33 bits per heavy atom. The Labute approximate surface area is 99.8 Å². The third kappa shape index (κ3) is 3.71. The molecule has 0 saturated heterocycles. The van der Waals surface area contributed by atoms with Crippen LogP contribution in [0.3, 0.4) is 0 Å². The Morgan fingerprint density at radius 3 is 2.28 bits per heavy atom. The number of isocyanates is 1. The van der Waals surface area contributed by atoms with Gasteiger partial charge in [-0.1, -0.05) is 12.1 Å². The van der Waals surface area contributed by atoms with Crippen molar-refractivity contribution < 1.29 is 27.9 Å². The predicted molar refractivity (Wildman–Crippen MR) is 54.7 cm³/mol. The molecule has 1 N–H and O–H groups in total. The first-order chi connectivity index (χ1) is 8.34. The molecular weight excluding hydrogens is 251 g/mol. The van der Waals surface area contributed by atoms with E-state index in [-0.39, 0.29) is 6.42 Å². The van der Waals surface area contributed by atoms with E-state index in [9.17, 15) is 22.8 Å². The summed E-state index contributed by atoms with van der Waals surface area (Å²) in [6, 6.07) is 2.66. The lowest BCUT2D eigenvalue weighted by molar-refractivity contribution is -0.139. The molecule has 96 valence electrons. The summed E-state index contributed by atoms with van der Waals surface area (Å²) in [5.41, 5.74) is -0.480. The number of halogens is 3. The Kier molecular flexibility index (Phi) is 4.23. The zero-order valence-corrected chi connectivity index (χ0v) is 8.94. The van der Waals surface area contributed by atoms with E-state index in [2.05, 4.69) is 4.99 Å². The van der Waals surface area contributed by atoms with Gasteiger partial charge in [0, 0.05) is 6.42 Å². The van der Waals surface area contributed by atoms with Crippen molar-refractivity contribution in [1.82, 2.24) is 0 Å². The Balaban J connectivity index is 2.86. The van der Waals surface area contributed by atoms with Crippen molar-refractivity contribution in [3.05, 3.63) is 35.4 Å². The first-order valence-corrected chi connectivity index (χ1v) is 4.80. The zero-order chi connectivity index (χ0) is 13.8. The number of rotatable bonds is 4. The van der Waals surface area contributed by atoms with E-state index in [1.807, 2.05) is 0 Å². The molecule has 18 heavy (non-hydrogen) atoms. The number of aliphatic carboxylic acids is 1. The van der Waals surface area contributed by atoms with E-state index in [1.54, 1.807) is 0 Å². The molecule has 1 unspecified atom stereocenters. The van der Waals surface area contributed by atoms with Gasteiger partial charge in [-0.05, 0) is 17.7 Å². The first kappa shape index (κ1) is 13.9. The van der Waals surface area contributed by atoms with Crippen LogP contribution in [0.5, 0.6) is 0 Å². The molecule has 0 bridgehead atoms. The van der Waals surface area contributed by atoms with Gasteiger partial charge in [-0.25, -0.2) is 9.59 Å². The van der Waals surface area contributed by atoms with Gasteiger partial charge in [-0.15, -0.1) is 0 Å². The minimum absolute atomic E-state index is 0.164. The quantitative estimate of drug-likeness (QED) is 0.664. The Bertz CT molecular complexity index is 473. The van der Waals surface area contributed by atoms with Crippen LogP contribution in [-0.2, 0) is 22.2 Å². The third-order valence-electron chi connectivity index (χ3n) is 2.20. The van der Waals surface area contributed by atoms with Crippen LogP contribution >= 0.6 is 0 Å². The molecule has 1 atom stereocenters. The molecule has 1 aromatic rings. The van der Waals surface area contributed by atoms with Gasteiger partial charge in [-0.2, -0.15) is 18.2 Å². The maximum atomic E-state index is 12.3. The summed E-state index contributed by atoms with van der Waals surface area (Å²) in [5.74, 6) is -1.33. The van der Waals surface area contributed by atoms with Crippen LogP contribution in [0.25, 0.3) is 0 Å². The molecule has 0 aliphatic carbocycles. The third-order valence-corrected chi connectivity index (χ3v) is 2.20. The van der Waals surface area contributed by atoms with Crippen molar-refractivity contribution in [2.75, 3.05) is 0 Å². The molecular formula is C11H8F3NO3. The summed E-state index contributed by atoms with van der Waals surface area (Å²) < 4.78 is 36.8. The van der Waals surface area contributed by atoms with E-state index < -0.39 is 23.8 Å². The normalized spacial score (nSPS) is 12.6. The van der Waals surface area contributed by atoms with Crippen molar-refractivity contribution in [1.29, 1.82) is 0 Å². The van der Waals surface area contributed by atoms with Crippen LogP contribution < -0.4 is 0 Å². The molecule has 0 aromatic heterocycles. The minimum Gasteiger partial charge on any atom is -0.480 e. The second kappa shape index (κ2) is 5.46. The summed E-state index contributed by atoms with van der Waals surface area (Å²) in [4.78, 5) is 23.7. The summed E-state index contributed by atoms with van der Waals surface area (Å²) in [5, 5.41) is 8.70. The fourth-order valence-corrected chi connectivity index (χ4v) is 1.30. The smallest absolute Gasteiger partial charge is 0.416 e.